The van der Waals surface area contributed by atoms with Gasteiger partial charge in [0.1, 0.15) is 11.2 Å². The molecule has 0 saturated heterocycles. The molecule has 0 atom stereocenters. The summed E-state index contributed by atoms with van der Waals surface area (Å²) >= 11 is 0. The van der Waals surface area contributed by atoms with Gasteiger partial charge in [-0.05, 0) is 126 Å². The lowest BCUT2D eigenvalue weighted by molar-refractivity contribution is 0.669. The standard InChI is InChI=1S/C62H41NO/c1-2-15-42(16-3-1)51-19-6-8-21-55(51)57-23-10-11-24-58(57)56-22-9-7-20-52(56)44-31-35-47(36-32-44)63(49-39-40-53-46(41-49)30-29-43-17-4-5-18-50(43)53)48-37-33-45(34-38-48)54-26-14-28-61-62(54)59-25-12-13-27-60(59)64-61/h1-41H. The summed E-state index contributed by atoms with van der Waals surface area (Å²) in [6, 6.07) is 89.7. The fourth-order valence-corrected chi connectivity index (χ4v) is 9.69. The van der Waals surface area contributed by atoms with E-state index in [2.05, 4.69) is 241 Å². The van der Waals surface area contributed by atoms with Crippen molar-refractivity contribution < 1.29 is 4.42 Å². The summed E-state index contributed by atoms with van der Waals surface area (Å²) < 4.78 is 6.27. The van der Waals surface area contributed by atoms with Crippen LogP contribution in [0.4, 0.5) is 17.1 Å². The minimum atomic E-state index is 0.898. The summed E-state index contributed by atoms with van der Waals surface area (Å²) in [5.74, 6) is 0. The first-order valence-corrected chi connectivity index (χ1v) is 21.9. The monoisotopic (exact) mass is 815 g/mol. The zero-order chi connectivity index (χ0) is 42.4. The van der Waals surface area contributed by atoms with E-state index in [9.17, 15) is 0 Å². The smallest absolute Gasteiger partial charge is 0.136 e. The number of fused-ring (bicyclic) bond motifs is 6. The topological polar surface area (TPSA) is 16.4 Å². The van der Waals surface area contributed by atoms with Crippen molar-refractivity contribution in [3.8, 4) is 55.6 Å². The highest BCUT2D eigenvalue weighted by atomic mass is 16.3. The molecule has 0 aliphatic rings. The van der Waals surface area contributed by atoms with E-state index in [1.54, 1.807) is 0 Å². The largest absolute Gasteiger partial charge is 0.456 e. The SMILES string of the molecule is c1ccc(-c2ccccc2-c2ccccc2-c2ccccc2-c2ccc(N(c3ccc(-c4cccc5oc6ccccc6c45)cc3)c3ccc4c(ccc5ccccc54)c3)cc2)cc1. The predicted octanol–water partition coefficient (Wildman–Crippen LogP) is 17.7. The van der Waals surface area contributed by atoms with E-state index in [4.69, 9.17) is 4.42 Å². The van der Waals surface area contributed by atoms with Crippen LogP contribution in [-0.2, 0) is 0 Å². The Morgan fingerprint density at radius 1 is 0.250 bits per heavy atom. The molecule has 0 fully saturated rings. The van der Waals surface area contributed by atoms with Crippen molar-refractivity contribution >= 4 is 60.5 Å². The van der Waals surface area contributed by atoms with Gasteiger partial charge >= 0.3 is 0 Å². The Bertz CT molecular complexity index is 3660. The van der Waals surface area contributed by atoms with Gasteiger partial charge in [-0.25, -0.2) is 0 Å². The van der Waals surface area contributed by atoms with E-state index in [1.807, 2.05) is 12.1 Å². The van der Waals surface area contributed by atoms with Gasteiger partial charge in [0, 0.05) is 27.8 Å². The molecule has 300 valence electrons. The zero-order valence-electron chi connectivity index (χ0n) is 35.0. The first-order chi connectivity index (χ1) is 31.7. The Morgan fingerprint density at radius 2 is 0.688 bits per heavy atom. The molecule has 0 bridgehead atoms. The molecule has 0 unspecified atom stereocenters. The minimum absolute atomic E-state index is 0.898. The number of hydrogen-bond acceptors (Lipinski definition) is 2. The van der Waals surface area contributed by atoms with Crippen LogP contribution in [0.25, 0.3) is 99.1 Å². The molecular formula is C62H41NO. The summed E-state index contributed by atoms with van der Waals surface area (Å²) in [6.07, 6.45) is 0. The highest BCUT2D eigenvalue weighted by Gasteiger charge is 2.19. The van der Waals surface area contributed by atoms with Crippen LogP contribution < -0.4 is 4.90 Å². The number of rotatable bonds is 8. The van der Waals surface area contributed by atoms with Gasteiger partial charge in [-0.3, -0.25) is 0 Å². The second-order valence-corrected chi connectivity index (χ2v) is 16.4. The van der Waals surface area contributed by atoms with Crippen molar-refractivity contribution in [2.24, 2.45) is 0 Å². The van der Waals surface area contributed by atoms with Crippen molar-refractivity contribution in [1.29, 1.82) is 0 Å². The molecule has 1 aromatic heterocycles. The van der Waals surface area contributed by atoms with Crippen molar-refractivity contribution in [2.45, 2.75) is 0 Å². The van der Waals surface area contributed by atoms with Crippen LogP contribution >= 0.6 is 0 Å². The number of para-hydroxylation sites is 1. The summed E-state index contributed by atoms with van der Waals surface area (Å²) in [5.41, 5.74) is 17.0. The van der Waals surface area contributed by atoms with E-state index in [0.717, 1.165) is 55.7 Å². The fraction of sp³-hybridized carbons (Fsp3) is 0. The molecule has 0 saturated carbocycles. The molecule has 0 aliphatic heterocycles. The van der Waals surface area contributed by atoms with E-state index in [0.29, 0.717) is 0 Å². The summed E-state index contributed by atoms with van der Waals surface area (Å²) in [4.78, 5) is 2.37. The molecule has 0 spiro atoms. The maximum Gasteiger partial charge on any atom is 0.136 e. The average Bonchev–Trinajstić information content (AvgIpc) is 3.76. The first kappa shape index (κ1) is 37.3. The Kier molecular flexibility index (Phi) is 9.20. The lowest BCUT2D eigenvalue weighted by atomic mass is 9.87. The van der Waals surface area contributed by atoms with Gasteiger partial charge in [-0.15, -0.1) is 0 Å². The highest BCUT2D eigenvalue weighted by molar-refractivity contribution is 6.12. The van der Waals surface area contributed by atoms with Crippen LogP contribution in [0.1, 0.15) is 0 Å². The van der Waals surface area contributed by atoms with Gasteiger partial charge in [0.05, 0.1) is 0 Å². The lowest BCUT2D eigenvalue weighted by Gasteiger charge is -2.26. The van der Waals surface area contributed by atoms with Crippen molar-refractivity contribution in [3.05, 3.63) is 249 Å². The van der Waals surface area contributed by atoms with Crippen molar-refractivity contribution in [1.82, 2.24) is 0 Å². The molecule has 2 heteroatoms. The number of nitrogens with zero attached hydrogens (tertiary/aromatic N) is 1. The van der Waals surface area contributed by atoms with Crippen molar-refractivity contribution in [2.75, 3.05) is 4.90 Å². The molecule has 2 nitrogen and oxygen atoms in total. The zero-order valence-corrected chi connectivity index (χ0v) is 35.0. The third-order valence-corrected chi connectivity index (χ3v) is 12.7. The molecule has 1 heterocycles. The van der Waals surface area contributed by atoms with Gasteiger partial charge in [0.2, 0.25) is 0 Å². The third-order valence-electron chi connectivity index (χ3n) is 12.7. The fourth-order valence-electron chi connectivity index (χ4n) is 9.69. The van der Waals surface area contributed by atoms with E-state index in [1.165, 1.54) is 60.5 Å². The number of anilines is 3. The Hall–Kier alpha value is -8.46. The molecule has 0 amide bonds. The Balaban J connectivity index is 0.959. The number of hydrogen-bond donors (Lipinski definition) is 0. The molecule has 0 N–H and O–H groups in total. The van der Waals surface area contributed by atoms with E-state index in [-0.39, 0.29) is 0 Å². The maximum absolute atomic E-state index is 6.27. The summed E-state index contributed by atoms with van der Waals surface area (Å²) in [5, 5.41) is 7.23. The second-order valence-electron chi connectivity index (χ2n) is 16.4. The molecule has 64 heavy (non-hydrogen) atoms. The van der Waals surface area contributed by atoms with Gasteiger partial charge in [-0.1, -0.05) is 200 Å². The van der Waals surface area contributed by atoms with E-state index >= 15 is 0 Å². The molecule has 12 aromatic rings. The summed E-state index contributed by atoms with van der Waals surface area (Å²) in [7, 11) is 0. The van der Waals surface area contributed by atoms with Crippen LogP contribution in [0.5, 0.6) is 0 Å². The van der Waals surface area contributed by atoms with Crippen LogP contribution in [-0.4, -0.2) is 0 Å². The van der Waals surface area contributed by atoms with Gasteiger partial charge < -0.3 is 9.32 Å². The average molecular weight is 816 g/mol. The van der Waals surface area contributed by atoms with Gasteiger partial charge in [0.25, 0.3) is 0 Å². The number of furan rings is 1. The van der Waals surface area contributed by atoms with Crippen LogP contribution in [0.15, 0.2) is 253 Å². The number of benzene rings is 11. The molecule has 11 aromatic carbocycles. The van der Waals surface area contributed by atoms with Gasteiger partial charge in [0.15, 0.2) is 0 Å². The highest BCUT2D eigenvalue weighted by Crippen LogP contribution is 2.44. The Morgan fingerprint density at radius 3 is 1.34 bits per heavy atom. The second kappa shape index (κ2) is 15.8. The van der Waals surface area contributed by atoms with Crippen LogP contribution in [0.2, 0.25) is 0 Å². The van der Waals surface area contributed by atoms with Crippen LogP contribution in [0, 0.1) is 0 Å². The Labute approximate surface area is 372 Å². The molecule has 12 rings (SSSR count). The molecule has 0 aliphatic carbocycles. The summed E-state index contributed by atoms with van der Waals surface area (Å²) in [6.45, 7) is 0. The maximum atomic E-state index is 6.27. The quantitative estimate of drug-likeness (QED) is 0.142. The minimum Gasteiger partial charge on any atom is -0.456 e. The van der Waals surface area contributed by atoms with Gasteiger partial charge in [-0.2, -0.15) is 0 Å². The predicted molar refractivity (Wildman–Crippen MR) is 271 cm³/mol. The van der Waals surface area contributed by atoms with E-state index < -0.39 is 0 Å². The molecular weight excluding hydrogens is 775 g/mol. The van der Waals surface area contributed by atoms with Crippen LogP contribution in [0.3, 0.4) is 0 Å². The molecule has 0 radical (unpaired) electrons. The first-order valence-electron chi connectivity index (χ1n) is 21.9. The lowest BCUT2D eigenvalue weighted by Crippen LogP contribution is -2.10. The third kappa shape index (κ3) is 6.52. The van der Waals surface area contributed by atoms with Crippen molar-refractivity contribution in [3.63, 3.8) is 0 Å². The normalized spacial score (nSPS) is 11.4.